The normalized spacial score (nSPS) is 28.4. The molecule has 3 heterocycles. The van der Waals surface area contributed by atoms with Crippen LogP contribution in [0.4, 0.5) is 0 Å². The minimum absolute atomic E-state index is 0.0794. The molecule has 6 nitrogen and oxygen atoms in total. The maximum Gasteiger partial charge on any atom is 0.352 e. The van der Waals surface area contributed by atoms with Crippen molar-refractivity contribution in [3.63, 3.8) is 0 Å². The summed E-state index contributed by atoms with van der Waals surface area (Å²) in [4.78, 5) is 25.2. The number of aliphatic carboxylic acids is 1. The lowest BCUT2D eigenvalue weighted by atomic mass is 9.78. The average Bonchev–Trinajstić information content (AvgIpc) is 2.70. The van der Waals surface area contributed by atoms with E-state index in [0.717, 1.165) is 5.57 Å². The molecule has 6 heteroatoms. The van der Waals surface area contributed by atoms with E-state index in [4.69, 9.17) is 0 Å². The molecule has 22 heavy (non-hydrogen) atoms. The Kier molecular flexibility index (Phi) is 3.48. The molecule has 3 rings (SSSR count). The third-order valence-corrected chi connectivity index (χ3v) is 4.65. The highest BCUT2D eigenvalue weighted by Crippen LogP contribution is 2.47. The fraction of sp³-hybridized carbons (Fsp3) is 0.438. The van der Waals surface area contributed by atoms with Crippen LogP contribution in [-0.2, 0) is 16.1 Å². The second-order valence-corrected chi connectivity index (χ2v) is 5.98. The molecule has 116 valence electrons. The number of carbonyl (C=O) groups is 2. The van der Waals surface area contributed by atoms with Gasteiger partial charge in [-0.25, -0.2) is 9.36 Å². The average molecular weight is 303 g/mol. The maximum absolute atomic E-state index is 12.2. The van der Waals surface area contributed by atoms with Gasteiger partial charge in [0.25, 0.3) is 0 Å². The topological polar surface area (TPSA) is 81.7 Å². The van der Waals surface area contributed by atoms with Gasteiger partial charge in [0.1, 0.15) is 5.70 Å². The SMILES string of the molecule is CC(O)[C@H]1C(=O)N2C(C(=O)O)=C(C[n+]3ccccc3)[C@H](C)C12. The molecular formula is C16H19N2O4+. The molecule has 0 saturated carbocycles. The number of β-lactam (4-membered cyclic amide) rings is 1. The summed E-state index contributed by atoms with van der Waals surface area (Å²) in [6.07, 6.45) is 2.96. The highest BCUT2D eigenvalue weighted by atomic mass is 16.4. The van der Waals surface area contributed by atoms with Crippen molar-refractivity contribution in [2.24, 2.45) is 11.8 Å². The molecule has 0 radical (unpaired) electrons. The molecule has 2 N–H and O–H groups in total. The van der Waals surface area contributed by atoms with Crippen LogP contribution in [0.3, 0.4) is 0 Å². The first-order valence-electron chi connectivity index (χ1n) is 7.35. The Hall–Kier alpha value is -2.21. The van der Waals surface area contributed by atoms with Crippen molar-refractivity contribution in [1.29, 1.82) is 0 Å². The van der Waals surface area contributed by atoms with Gasteiger partial charge in [-0.05, 0) is 6.92 Å². The Bertz CT molecular complexity index is 653. The Morgan fingerprint density at radius 2 is 2.00 bits per heavy atom. The third kappa shape index (κ3) is 2.02. The molecule has 0 spiro atoms. The van der Waals surface area contributed by atoms with Crippen molar-refractivity contribution in [3.8, 4) is 0 Å². The van der Waals surface area contributed by atoms with Crippen molar-refractivity contribution in [1.82, 2.24) is 4.90 Å². The molecular weight excluding hydrogens is 284 g/mol. The molecule has 0 aromatic carbocycles. The van der Waals surface area contributed by atoms with Crippen LogP contribution in [0.1, 0.15) is 13.8 Å². The number of hydrogen-bond acceptors (Lipinski definition) is 3. The van der Waals surface area contributed by atoms with Gasteiger partial charge in [0.05, 0.1) is 18.1 Å². The lowest BCUT2D eigenvalue weighted by Gasteiger charge is -2.46. The first-order valence-corrected chi connectivity index (χ1v) is 7.35. The summed E-state index contributed by atoms with van der Waals surface area (Å²) in [5.41, 5.74) is 0.806. The molecule has 0 bridgehead atoms. The minimum atomic E-state index is -1.08. The number of aromatic nitrogens is 1. The fourth-order valence-electron chi connectivity index (χ4n) is 3.59. The fourth-order valence-corrected chi connectivity index (χ4v) is 3.59. The maximum atomic E-state index is 12.2. The third-order valence-electron chi connectivity index (χ3n) is 4.65. The zero-order chi connectivity index (χ0) is 16.0. The molecule has 1 saturated heterocycles. The number of pyridine rings is 1. The lowest BCUT2D eigenvalue weighted by molar-refractivity contribution is -0.689. The lowest BCUT2D eigenvalue weighted by Crippen LogP contribution is -2.63. The molecule has 1 amide bonds. The number of hydrogen-bond donors (Lipinski definition) is 2. The van der Waals surface area contributed by atoms with Gasteiger partial charge >= 0.3 is 5.97 Å². The highest BCUT2D eigenvalue weighted by molar-refractivity contribution is 5.99. The van der Waals surface area contributed by atoms with Crippen molar-refractivity contribution >= 4 is 11.9 Å². The summed E-state index contributed by atoms with van der Waals surface area (Å²) in [6.45, 7) is 3.93. The van der Waals surface area contributed by atoms with Gasteiger partial charge in [0.2, 0.25) is 5.91 Å². The Morgan fingerprint density at radius 1 is 1.36 bits per heavy atom. The second-order valence-electron chi connectivity index (χ2n) is 5.98. The van der Waals surface area contributed by atoms with Crippen molar-refractivity contribution in [3.05, 3.63) is 41.9 Å². The molecule has 4 atom stereocenters. The molecule has 0 aliphatic carbocycles. The minimum Gasteiger partial charge on any atom is -0.477 e. The van der Waals surface area contributed by atoms with Crippen molar-refractivity contribution in [2.75, 3.05) is 0 Å². The monoisotopic (exact) mass is 303 g/mol. The van der Waals surface area contributed by atoms with Crippen LogP contribution >= 0.6 is 0 Å². The van der Waals surface area contributed by atoms with Gasteiger partial charge in [0, 0.05) is 23.6 Å². The van der Waals surface area contributed by atoms with E-state index >= 15 is 0 Å². The Labute approximate surface area is 128 Å². The van der Waals surface area contributed by atoms with Gasteiger partial charge in [-0.2, -0.15) is 0 Å². The highest BCUT2D eigenvalue weighted by Gasteiger charge is 2.60. The molecule has 2 unspecified atom stereocenters. The zero-order valence-corrected chi connectivity index (χ0v) is 12.5. The number of aliphatic hydroxyl groups excluding tert-OH is 1. The van der Waals surface area contributed by atoms with E-state index in [0.29, 0.717) is 6.54 Å². The summed E-state index contributed by atoms with van der Waals surface area (Å²) in [5.74, 6) is -1.98. The van der Waals surface area contributed by atoms with Gasteiger partial charge in [-0.15, -0.1) is 0 Å². The first-order chi connectivity index (χ1) is 10.4. The number of carbonyl (C=O) groups excluding carboxylic acids is 1. The van der Waals surface area contributed by atoms with E-state index in [1.165, 1.54) is 4.90 Å². The number of nitrogens with zero attached hydrogens (tertiary/aromatic N) is 2. The molecule has 2 aliphatic rings. The number of rotatable bonds is 4. The smallest absolute Gasteiger partial charge is 0.352 e. The van der Waals surface area contributed by atoms with Gasteiger partial charge in [-0.3, -0.25) is 4.79 Å². The van der Waals surface area contributed by atoms with Gasteiger partial charge in [0.15, 0.2) is 18.9 Å². The van der Waals surface area contributed by atoms with E-state index in [-0.39, 0.29) is 23.6 Å². The summed E-state index contributed by atoms with van der Waals surface area (Å²) < 4.78 is 1.89. The van der Waals surface area contributed by atoms with Crippen LogP contribution < -0.4 is 4.57 Å². The summed E-state index contributed by atoms with van der Waals surface area (Å²) >= 11 is 0. The summed E-state index contributed by atoms with van der Waals surface area (Å²) in [6, 6.07) is 5.39. The number of carboxylic acid groups (broad SMARTS) is 1. The number of amides is 1. The van der Waals surface area contributed by atoms with Crippen LogP contribution in [0.25, 0.3) is 0 Å². The number of aliphatic hydroxyl groups is 1. The number of fused-ring (bicyclic) bond motifs is 1. The van der Waals surface area contributed by atoms with E-state index in [2.05, 4.69) is 0 Å². The predicted molar refractivity (Wildman–Crippen MR) is 76.3 cm³/mol. The zero-order valence-electron chi connectivity index (χ0n) is 12.5. The van der Waals surface area contributed by atoms with Gasteiger partial charge in [-0.1, -0.05) is 13.0 Å². The van der Waals surface area contributed by atoms with E-state index in [1.807, 2.05) is 42.1 Å². The Morgan fingerprint density at radius 3 is 2.55 bits per heavy atom. The molecule has 1 fully saturated rings. The number of carboxylic acids is 1. The molecule has 1 aromatic heterocycles. The standard InChI is InChI=1S/C16H18N2O4/c1-9-11(8-17-6-4-3-5-7-17)14(16(21)22)18-13(9)12(10(2)19)15(18)20/h3-7,9-10,12-13,19H,8H2,1-2H3/p+1/t9-,10?,12+,13?/m0/s1. The molecule has 2 aliphatic heterocycles. The van der Waals surface area contributed by atoms with E-state index < -0.39 is 18.0 Å². The first kappa shape index (κ1) is 14.7. The summed E-state index contributed by atoms with van der Waals surface area (Å²) in [5, 5.41) is 19.3. The van der Waals surface area contributed by atoms with Crippen LogP contribution in [0.2, 0.25) is 0 Å². The van der Waals surface area contributed by atoms with E-state index in [9.17, 15) is 19.8 Å². The van der Waals surface area contributed by atoms with Crippen LogP contribution in [-0.4, -0.2) is 39.1 Å². The Balaban J connectivity index is 1.97. The predicted octanol–water partition coefficient (Wildman–Crippen LogP) is 0.170. The summed E-state index contributed by atoms with van der Waals surface area (Å²) in [7, 11) is 0. The van der Waals surface area contributed by atoms with Crippen LogP contribution in [0.5, 0.6) is 0 Å². The molecule has 1 aromatic rings. The van der Waals surface area contributed by atoms with Gasteiger partial charge < -0.3 is 15.1 Å². The van der Waals surface area contributed by atoms with Crippen LogP contribution in [0, 0.1) is 11.8 Å². The van der Waals surface area contributed by atoms with Crippen molar-refractivity contribution in [2.45, 2.75) is 32.5 Å². The largest absolute Gasteiger partial charge is 0.477 e. The van der Waals surface area contributed by atoms with Crippen LogP contribution in [0.15, 0.2) is 41.9 Å². The van der Waals surface area contributed by atoms with E-state index in [1.54, 1.807) is 6.92 Å². The quantitative estimate of drug-likeness (QED) is 0.614. The van der Waals surface area contributed by atoms with Crippen molar-refractivity contribution < 1.29 is 24.4 Å². The second kappa shape index (κ2) is 5.21.